The van der Waals surface area contributed by atoms with Crippen molar-refractivity contribution in [1.82, 2.24) is 0 Å². The summed E-state index contributed by atoms with van der Waals surface area (Å²) in [4.78, 5) is 2.24. The van der Waals surface area contributed by atoms with Gasteiger partial charge in [0.15, 0.2) is 0 Å². The second kappa shape index (κ2) is 6.29. The molecule has 1 nitrogen and oxygen atoms in total. The first-order chi connectivity index (χ1) is 11.0. The Balaban J connectivity index is 1.88. The Morgan fingerprint density at radius 1 is 0.609 bits per heavy atom. The van der Waals surface area contributed by atoms with E-state index in [0.717, 1.165) is 0 Å². The van der Waals surface area contributed by atoms with Gasteiger partial charge >= 0.3 is 0 Å². The molecule has 23 heavy (non-hydrogen) atoms. The molecule has 0 bridgehead atoms. The Bertz CT molecular complexity index is 798. The van der Waals surface area contributed by atoms with Crippen LogP contribution in [0.5, 0.6) is 0 Å². The minimum absolute atomic E-state index is 1.20. The smallest absolute Gasteiger partial charge is 0.0437 e. The number of rotatable bonds is 3. The van der Waals surface area contributed by atoms with E-state index >= 15 is 0 Å². The molecular weight excluding hydrogens is 278 g/mol. The Labute approximate surface area is 139 Å². The lowest BCUT2D eigenvalue weighted by Crippen LogP contribution is -2.10. The van der Waals surface area contributed by atoms with Gasteiger partial charge in [-0.3, -0.25) is 0 Å². The van der Waals surface area contributed by atoms with Gasteiger partial charge in [-0.25, -0.2) is 0 Å². The van der Waals surface area contributed by atoms with Crippen molar-refractivity contribution in [2.45, 2.75) is 20.8 Å². The van der Waals surface area contributed by atoms with Gasteiger partial charge in [-0.2, -0.15) is 0 Å². The van der Waals surface area contributed by atoms with Crippen LogP contribution >= 0.6 is 0 Å². The van der Waals surface area contributed by atoms with Gasteiger partial charge in [0.25, 0.3) is 0 Å². The summed E-state index contributed by atoms with van der Waals surface area (Å²) in [6, 6.07) is 24.0. The maximum Gasteiger partial charge on any atom is 0.0437 e. The van der Waals surface area contributed by atoms with Gasteiger partial charge in [-0.05, 0) is 55.7 Å². The van der Waals surface area contributed by atoms with Crippen LogP contribution in [0, 0.1) is 20.8 Å². The van der Waals surface area contributed by atoms with Crippen molar-refractivity contribution >= 4 is 11.4 Å². The molecule has 0 aromatic heterocycles. The van der Waals surface area contributed by atoms with E-state index in [-0.39, 0.29) is 0 Å². The SMILES string of the molecule is Cc1ccc(-c2ccc(N(C)c3ccc(C)cc3C)cc2)cc1. The molecule has 1 heteroatoms. The Morgan fingerprint density at radius 2 is 1.13 bits per heavy atom. The number of nitrogens with zero attached hydrogens (tertiary/aromatic N) is 1. The summed E-state index contributed by atoms with van der Waals surface area (Å²) in [5, 5.41) is 0. The van der Waals surface area contributed by atoms with Crippen LogP contribution in [0.15, 0.2) is 66.7 Å². The third kappa shape index (κ3) is 3.29. The van der Waals surface area contributed by atoms with E-state index in [1.807, 2.05) is 0 Å². The van der Waals surface area contributed by atoms with E-state index < -0.39 is 0 Å². The highest BCUT2D eigenvalue weighted by Gasteiger charge is 2.07. The molecule has 0 aliphatic rings. The van der Waals surface area contributed by atoms with E-state index in [1.54, 1.807) is 0 Å². The minimum atomic E-state index is 1.20. The molecule has 0 spiro atoms. The van der Waals surface area contributed by atoms with Crippen molar-refractivity contribution in [2.75, 3.05) is 11.9 Å². The fourth-order valence-electron chi connectivity index (χ4n) is 2.94. The minimum Gasteiger partial charge on any atom is -0.344 e. The molecule has 0 unspecified atom stereocenters. The molecule has 3 aromatic rings. The maximum absolute atomic E-state index is 2.24. The van der Waals surface area contributed by atoms with Crippen molar-refractivity contribution < 1.29 is 0 Å². The number of hydrogen-bond acceptors (Lipinski definition) is 1. The second-order valence-corrected chi connectivity index (χ2v) is 6.26. The molecule has 0 aliphatic carbocycles. The number of benzene rings is 3. The molecule has 0 aliphatic heterocycles. The highest BCUT2D eigenvalue weighted by Crippen LogP contribution is 2.29. The molecule has 0 N–H and O–H groups in total. The lowest BCUT2D eigenvalue weighted by atomic mass is 10.0. The van der Waals surface area contributed by atoms with Crippen LogP contribution in [0.1, 0.15) is 16.7 Å². The largest absolute Gasteiger partial charge is 0.344 e. The van der Waals surface area contributed by atoms with E-state index in [0.29, 0.717) is 0 Å². The quantitative estimate of drug-likeness (QED) is 0.569. The predicted molar refractivity (Wildman–Crippen MR) is 101 cm³/mol. The average Bonchev–Trinajstić information content (AvgIpc) is 2.55. The van der Waals surface area contributed by atoms with Crippen LogP contribution in [-0.2, 0) is 0 Å². The molecule has 0 heterocycles. The molecule has 116 valence electrons. The Morgan fingerprint density at radius 3 is 1.70 bits per heavy atom. The molecule has 0 saturated carbocycles. The van der Waals surface area contributed by atoms with Gasteiger partial charge in [0.05, 0.1) is 0 Å². The Kier molecular flexibility index (Phi) is 4.20. The summed E-state index contributed by atoms with van der Waals surface area (Å²) in [5.41, 5.74) is 8.86. The third-order valence-electron chi connectivity index (χ3n) is 4.35. The van der Waals surface area contributed by atoms with E-state index in [2.05, 4.69) is 99.4 Å². The standard InChI is InChI=1S/C22H23N/c1-16-5-8-19(9-6-16)20-10-12-21(13-11-20)23(4)22-14-7-17(2)15-18(22)3/h5-15H,1-4H3. The van der Waals surface area contributed by atoms with Gasteiger partial charge in [0, 0.05) is 18.4 Å². The number of hydrogen-bond donors (Lipinski definition) is 0. The van der Waals surface area contributed by atoms with Gasteiger partial charge < -0.3 is 4.90 Å². The third-order valence-corrected chi connectivity index (χ3v) is 4.35. The fraction of sp³-hybridized carbons (Fsp3) is 0.182. The van der Waals surface area contributed by atoms with Crippen LogP contribution in [0.2, 0.25) is 0 Å². The van der Waals surface area contributed by atoms with Crippen molar-refractivity contribution in [3.05, 3.63) is 83.4 Å². The topological polar surface area (TPSA) is 3.24 Å². The normalized spacial score (nSPS) is 10.6. The van der Waals surface area contributed by atoms with Crippen molar-refractivity contribution in [3.8, 4) is 11.1 Å². The maximum atomic E-state index is 2.24. The van der Waals surface area contributed by atoms with E-state index in [4.69, 9.17) is 0 Å². The van der Waals surface area contributed by atoms with Gasteiger partial charge in [-0.15, -0.1) is 0 Å². The molecule has 0 fully saturated rings. The summed E-state index contributed by atoms with van der Waals surface area (Å²) in [6.45, 7) is 6.42. The average molecular weight is 301 g/mol. The van der Waals surface area contributed by atoms with Crippen LogP contribution in [0.4, 0.5) is 11.4 Å². The fourth-order valence-corrected chi connectivity index (χ4v) is 2.94. The molecule has 0 amide bonds. The highest BCUT2D eigenvalue weighted by molar-refractivity contribution is 5.71. The number of anilines is 2. The van der Waals surface area contributed by atoms with E-state index in [1.165, 1.54) is 39.2 Å². The zero-order valence-corrected chi connectivity index (χ0v) is 14.3. The lowest BCUT2D eigenvalue weighted by molar-refractivity contribution is 1.18. The van der Waals surface area contributed by atoms with Gasteiger partial charge in [-0.1, -0.05) is 59.7 Å². The van der Waals surface area contributed by atoms with Crippen LogP contribution < -0.4 is 4.90 Å². The second-order valence-electron chi connectivity index (χ2n) is 6.26. The van der Waals surface area contributed by atoms with Gasteiger partial charge in [0.2, 0.25) is 0 Å². The molecule has 3 aromatic carbocycles. The Hall–Kier alpha value is -2.54. The molecule has 0 saturated heterocycles. The highest BCUT2D eigenvalue weighted by atomic mass is 15.1. The van der Waals surface area contributed by atoms with Gasteiger partial charge in [0.1, 0.15) is 0 Å². The monoisotopic (exact) mass is 301 g/mol. The summed E-state index contributed by atoms with van der Waals surface area (Å²) >= 11 is 0. The van der Waals surface area contributed by atoms with E-state index in [9.17, 15) is 0 Å². The zero-order chi connectivity index (χ0) is 16.4. The first-order valence-corrected chi connectivity index (χ1v) is 8.03. The van der Waals surface area contributed by atoms with Crippen molar-refractivity contribution in [2.24, 2.45) is 0 Å². The molecule has 3 rings (SSSR count). The first kappa shape index (κ1) is 15.4. The zero-order valence-electron chi connectivity index (χ0n) is 14.3. The van der Waals surface area contributed by atoms with Crippen LogP contribution in [-0.4, -0.2) is 7.05 Å². The molecule has 0 radical (unpaired) electrons. The van der Waals surface area contributed by atoms with Crippen LogP contribution in [0.25, 0.3) is 11.1 Å². The summed E-state index contributed by atoms with van der Waals surface area (Å²) < 4.78 is 0. The lowest BCUT2D eigenvalue weighted by Gasteiger charge is -2.22. The summed E-state index contributed by atoms with van der Waals surface area (Å²) in [5.74, 6) is 0. The van der Waals surface area contributed by atoms with Crippen LogP contribution in [0.3, 0.4) is 0 Å². The first-order valence-electron chi connectivity index (χ1n) is 8.03. The summed E-state index contributed by atoms with van der Waals surface area (Å²) in [7, 11) is 2.12. The van der Waals surface area contributed by atoms with Crippen molar-refractivity contribution in [1.29, 1.82) is 0 Å². The molecule has 0 atom stereocenters. The van der Waals surface area contributed by atoms with Crippen molar-refractivity contribution in [3.63, 3.8) is 0 Å². The summed E-state index contributed by atoms with van der Waals surface area (Å²) in [6.07, 6.45) is 0. The number of aryl methyl sites for hydroxylation is 3. The predicted octanol–water partition coefficient (Wildman–Crippen LogP) is 6.05. The molecular formula is C22H23N.